The van der Waals surface area contributed by atoms with Gasteiger partial charge in [0.05, 0.1) is 5.92 Å². The number of nitrogens with zero attached hydrogens (tertiary/aromatic N) is 2. The van der Waals surface area contributed by atoms with Gasteiger partial charge in [0, 0.05) is 32.2 Å². The standard InChI is InChI=1S/C18H33N3O3S/c1-20(17-11-3-2-4-12-17)25(23,24)21-13-7-8-15(14-21)18(22)19-16-9-5-6-10-16/h15-17H,2-14H2,1H3,(H,19,22). The molecular formula is C18H33N3O3S. The van der Waals surface area contributed by atoms with Crippen molar-refractivity contribution >= 4 is 16.1 Å². The van der Waals surface area contributed by atoms with E-state index in [1.807, 2.05) is 0 Å². The summed E-state index contributed by atoms with van der Waals surface area (Å²) in [6.45, 7) is 0.866. The average molecular weight is 372 g/mol. The Kier molecular flexibility index (Phi) is 6.39. The molecule has 0 spiro atoms. The maximum Gasteiger partial charge on any atom is 0.281 e. The van der Waals surface area contributed by atoms with Crippen molar-refractivity contribution in [2.75, 3.05) is 20.1 Å². The summed E-state index contributed by atoms with van der Waals surface area (Å²) < 4.78 is 29.2. The normalized spacial score (nSPS) is 27.7. The second-order valence-electron chi connectivity index (χ2n) is 8.00. The van der Waals surface area contributed by atoms with Crippen molar-refractivity contribution < 1.29 is 13.2 Å². The topological polar surface area (TPSA) is 69.7 Å². The van der Waals surface area contributed by atoms with Crippen molar-refractivity contribution in [2.24, 2.45) is 5.92 Å². The van der Waals surface area contributed by atoms with Crippen LogP contribution in [0, 0.1) is 5.92 Å². The van der Waals surface area contributed by atoms with Gasteiger partial charge in [-0.25, -0.2) is 0 Å². The van der Waals surface area contributed by atoms with E-state index in [9.17, 15) is 13.2 Å². The minimum Gasteiger partial charge on any atom is -0.353 e. The molecule has 3 fully saturated rings. The lowest BCUT2D eigenvalue weighted by atomic mass is 9.96. The van der Waals surface area contributed by atoms with Gasteiger partial charge in [-0.05, 0) is 38.5 Å². The lowest BCUT2D eigenvalue weighted by molar-refractivity contribution is -0.126. The van der Waals surface area contributed by atoms with Crippen LogP contribution in [0.3, 0.4) is 0 Å². The van der Waals surface area contributed by atoms with Crippen LogP contribution in [0.2, 0.25) is 0 Å². The molecule has 1 N–H and O–H groups in total. The molecule has 25 heavy (non-hydrogen) atoms. The lowest BCUT2D eigenvalue weighted by Gasteiger charge is -2.37. The average Bonchev–Trinajstić information content (AvgIpc) is 3.15. The molecule has 1 heterocycles. The summed E-state index contributed by atoms with van der Waals surface area (Å²) in [6, 6.07) is 0.413. The maximum atomic E-state index is 13.0. The van der Waals surface area contributed by atoms with Gasteiger partial charge in [-0.15, -0.1) is 0 Å². The molecule has 7 heteroatoms. The summed E-state index contributed by atoms with van der Waals surface area (Å²) in [6.07, 6.45) is 11.4. The van der Waals surface area contributed by atoms with E-state index >= 15 is 0 Å². The number of amides is 1. The summed E-state index contributed by atoms with van der Waals surface area (Å²) in [5, 5.41) is 3.14. The molecule has 3 aliphatic rings. The zero-order valence-corrected chi connectivity index (χ0v) is 16.3. The first-order valence-electron chi connectivity index (χ1n) is 10.0. The fourth-order valence-electron chi connectivity index (χ4n) is 4.57. The van der Waals surface area contributed by atoms with Gasteiger partial charge >= 0.3 is 0 Å². The molecule has 1 amide bonds. The SMILES string of the molecule is CN(C1CCCCC1)S(=O)(=O)N1CCCC(C(=O)NC2CCCC2)C1. The molecule has 2 saturated carbocycles. The van der Waals surface area contributed by atoms with E-state index < -0.39 is 10.2 Å². The van der Waals surface area contributed by atoms with Crippen LogP contribution in [0.5, 0.6) is 0 Å². The van der Waals surface area contributed by atoms with Crippen molar-refractivity contribution in [1.82, 2.24) is 13.9 Å². The van der Waals surface area contributed by atoms with Gasteiger partial charge in [-0.2, -0.15) is 17.0 Å². The molecule has 0 aromatic rings. The van der Waals surface area contributed by atoms with Crippen LogP contribution in [0.15, 0.2) is 0 Å². The Morgan fingerprint density at radius 2 is 1.60 bits per heavy atom. The highest BCUT2D eigenvalue weighted by atomic mass is 32.2. The molecule has 1 unspecified atom stereocenters. The third-order valence-corrected chi connectivity index (χ3v) is 8.25. The number of hydrogen-bond donors (Lipinski definition) is 1. The first kappa shape index (κ1) is 19.1. The number of hydrogen-bond acceptors (Lipinski definition) is 3. The van der Waals surface area contributed by atoms with E-state index in [1.165, 1.54) is 19.3 Å². The Hall–Kier alpha value is -0.660. The van der Waals surface area contributed by atoms with Crippen molar-refractivity contribution in [3.8, 4) is 0 Å². The number of carbonyl (C=O) groups is 1. The molecule has 3 rings (SSSR count). The Bertz CT molecular complexity index is 554. The van der Waals surface area contributed by atoms with Crippen LogP contribution < -0.4 is 5.32 Å². The Labute approximate surface area is 152 Å². The second kappa shape index (κ2) is 8.35. The highest BCUT2D eigenvalue weighted by molar-refractivity contribution is 7.86. The molecule has 0 aromatic carbocycles. The molecular weight excluding hydrogens is 338 g/mol. The molecule has 0 aromatic heterocycles. The lowest BCUT2D eigenvalue weighted by Crippen LogP contribution is -2.52. The molecule has 0 radical (unpaired) electrons. The highest BCUT2D eigenvalue weighted by Gasteiger charge is 2.37. The largest absolute Gasteiger partial charge is 0.353 e. The summed E-state index contributed by atoms with van der Waals surface area (Å²) in [5.74, 6) is -0.156. The minimum absolute atomic E-state index is 0.0483. The van der Waals surface area contributed by atoms with Gasteiger partial charge in [-0.3, -0.25) is 4.79 Å². The van der Waals surface area contributed by atoms with E-state index in [0.717, 1.165) is 51.4 Å². The molecule has 2 aliphatic carbocycles. The smallest absolute Gasteiger partial charge is 0.281 e. The summed E-state index contributed by atoms with van der Waals surface area (Å²) in [4.78, 5) is 12.6. The Balaban J connectivity index is 1.60. The molecule has 1 saturated heterocycles. The van der Waals surface area contributed by atoms with E-state index in [4.69, 9.17) is 0 Å². The predicted molar refractivity (Wildman–Crippen MR) is 98.3 cm³/mol. The number of piperidine rings is 1. The van der Waals surface area contributed by atoms with E-state index in [0.29, 0.717) is 19.1 Å². The van der Waals surface area contributed by atoms with Crippen molar-refractivity contribution in [1.29, 1.82) is 0 Å². The van der Waals surface area contributed by atoms with Crippen LogP contribution in [-0.4, -0.2) is 55.2 Å². The highest BCUT2D eigenvalue weighted by Crippen LogP contribution is 2.27. The third-order valence-electron chi connectivity index (χ3n) is 6.24. The number of carbonyl (C=O) groups excluding carboxylic acids is 1. The quantitative estimate of drug-likeness (QED) is 0.806. The molecule has 0 bridgehead atoms. The third kappa shape index (κ3) is 4.55. The fraction of sp³-hybridized carbons (Fsp3) is 0.944. The van der Waals surface area contributed by atoms with Crippen LogP contribution in [0.1, 0.15) is 70.6 Å². The van der Waals surface area contributed by atoms with Crippen molar-refractivity contribution in [3.05, 3.63) is 0 Å². The molecule has 6 nitrogen and oxygen atoms in total. The summed E-state index contributed by atoms with van der Waals surface area (Å²) >= 11 is 0. The van der Waals surface area contributed by atoms with Crippen LogP contribution in [-0.2, 0) is 15.0 Å². The van der Waals surface area contributed by atoms with Gasteiger partial charge in [0.15, 0.2) is 0 Å². The Morgan fingerprint density at radius 3 is 2.28 bits per heavy atom. The van der Waals surface area contributed by atoms with Gasteiger partial charge in [0.25, 0.3) is 10.2 Å². The van der Waals surface area contributed by atoms with Gasteiger partial charge in [0.1, 0.15) is 0 Å². The van der Waals surface area contributed by atoms with Crippen molar-refractivity contribution in [2.45, 2.75) is 82.7 Å². The minimum atomic E-state index is -3.47. The second-order valence-corrected chi connectivity index (χ2v) is 9.99. The zero-order valence-electron chi connectivity index (χ0n) is 15.5. The Morgan fingerprint density at radius 1 is 0.960 bits per heavy atom. The monoisotopic (exact) mass is 371 g/mol. The zero-order chi connectivity index (χ0) is 17.9. The molecule has 1 atom stereocenters. The van der Waals surface area contributed by atoms with Crippen molar-refractivity contribution in [3.63, 3.8) is 0 Å². The fourth-order valence-corrected chi connectivity index (χ4v) is 6.25. The number of nitrogens with one attached hydrogen (secondary N) is 1. The van der Waals surface area contributed by atoms with Crippen LogP contribution in [0.25, 0.3) is 0 Å². The first-order valence-corrected chi connectivity index (χ1v) is 11.4. The van der Waals surface area contributed by atoms with Crippen LogP contribution >= 0.6 is 0 Å². The summed E-state index contributed by atoms with van der Waals surface area (Å²) in [7, 11) is -1.75. The molecule has 1 aliphatic heterocycles. The van der Waals surface area contributed by atoms with E-state index in [1.54, 1.807) is 15.7 Å². The predicted octanol–water partition coefficient (Wildman–Crippen LogP) is 2.27. The van der Waals surface area contributed by atoms with Gasteiger partial charge in [0.2, 0.25) is 5.91 Å². The van der Waals surface area contributed by atoms with E-state index in [-0.39, 0.29) is 17.9 Å². The van der Waals surface area contributed by atoms with Gasteiger partial charge < -0.3 is 5.32 Å². The number of rotatable bonds is 5. The van der Waals surface area contributed by atoms with Crippen LogP contribution in [0.4, 0.5) is 0 Å². The van der Waals surface area contributed by atoms with Gasteiger partial charge in [-0.1, -0.05) is 32.1 Å². The molecule has 144 valence electrons. The first-order chi connectivity index (χ1) is 12.0. The maximum absolute atomic E-state index is 13.0. The summed E-state index contributed by atoms with van der Waals surface area (Å²) in [5.41, 5.74) is 0. The van der Waals surface area contributed by atoms with E-state index in [2.05, 4.69) is 5.32 Å².